The molecule has 16 heavy (non-hydrogen) atoms. The molecule has 1 aromatic heterocycles. The molecule has 0 atom stereocenters. The van der Waals surface area contributed by atoms with Gasteiger partial charge in [-0.3, -0.25) is 4.79 Å². The lowest BCUT2D eigenvalue weighted by atomic mass is 10.1. The van der Waals surface area contributed by atoms with Gasteiger partial charge in [-0.2, -0.15) is 0 Å². The number of hydrogen-bond donors (Lipinski definition) is 0. The van der Waals surface area contributed by atoms with Gasteiger partial charge in [-0.1, -0.05) is 23.2 Å². The second-order valence-corrected chi connectivity index (χ2v) is 7.94. The van der Waals surface area contributed by atoms with Gasteiger partial charge in [0.1, 0.15) is 14.2 Å². The predicted octanol–water partition coefficient (Wildman–Crippen LogP) is 3.06. The molecule has 0 bridgehead atoms. The molecule has 3 nitrogen and oxygen atoms in total. The minimum atomic E-state index is -3.02. The monoisotopic (exact) mass is 300 g/mol. The van der Waals surface area contributed by atoms with Crippen LogP contribution in [0.2, 0.25) is 8.67 Å². The maximum atomic E-state index is 11.6. The van der Waals surface area contributed by atoms with Gasteiger partial charge in [0, 0.05) is 18.2 Å². The number of rotatable bonds is 5. The van der Waals surface area contributed by atoms with Crippen LogP contribution >= 0.6 is 34.5 Å². The summed E-state index contributed by atoms with van der Waals surface area (Å²) in [5, 5.41) is 0. The highest BCUT2D eigenvalue weighted by Gasteiger charge is 2.14. The number of halogens is 2. The molecule has 90 valence electrons. The van der Waals surface area contributed by atoms with E-state index in [1.54, 1.807) is 0 Å². The predicted molar refractivity (Wildman–Crippen MR) is 67.6 cm³/mol. The van der Waals surface area contributed by atoms with Crippen molar-refractivity contribution in [2.45, 2.75) is 12.8 Å². The first-order chi connectivity index (χ1) is 7.29. The average molecular weight is 301 g/mol. The van der Waals surface area contributed by atoms with E-state index in [9.17, 15) is 13.2 Å². The van der Waals surface area contributed by atoms with E-state index in [0.717, 1.165) is 17.6 Å². The largest absolute Gasteiger partial charge is 0.294 e. The van der Waals surface area contributed by atoms with Crippen LogP contribution < -0.4 is 0 Å². The maximum Gasteiger partial charge on any atom is 0.165 e. The first kappa shape index (κ1) is 14.0. The van der Waals surface area contributed by atoms with Gasteiger partial charge in [-0.25, -0.2) is 8.42 Å². The summed E-state index contributed by atoms with van der Waals surface area (Å²) >= 11 is 12.6. The molecular weight excluding hydrogens is 291 g/mol. The van der Waals surface area contributed by atoms with Gasteiger partial charge in [0.2, 0.25) is 0 Å². The number of sulfone groups is 1. The van der Waals surface area contributed by atoms with E-state index in [1.165, 1.54) is 6.07 Å². The molecule has 0 N–H and O–H groups in total. The van der Waals surface area contributed by atoms with E-state index in [-0.39, 0.29) is 18.0 Å². The molecule has 0 aliphatic carbocycles. The summed E-state index contributed by atoms with van der Waals surface area (Å²) in [7, 11) is -3.02. The zero-order valence-electron chi connectivity index (χ0n) is 8.50. The molecule has 0 aliphatic rings. The Morgan fingerprint density at radius 2 is 2.06 bits per heavy atom. The third kappa shape index (κ3) is 4.41. The summed E-state index contributed by atoms with van der Waals surface area (Å²) in [6.45, 7) is 0. The second kappa shape index (κ2) is 5.49. The standard InChI is InChI=1S/C9H10Cl2O3S2/c1-16(13,14)4-2-3-7(12)6-5-8(10)15-9(6)11/h5H,2-4H2,1H3. The average Bonchev–Trinajstić information content (AvgIpc) is 2.43. The summed E-state index contributed by atoms with van der Waals surface area (Å²) in [6, 6.07) is 1.51. The molecule has 1 heterocycles. The lowest BCUT2D eigenvalue weighted by molar-refractivity contribution is 0.0982. The van der Waals surface area contributed by atoms with E-state index in [0.29, 0.717) is 20.7 Å². The molecule has 0 amide bonds. The molecule has 0 unspecified atom stereocenters. The van der Waals surface area contributed by atoms with Crippen molar-refractivity contribution in [3.8, 4) is 0 Å². The molecule has 0 fully saturated rings. The van der Waals surface area contributed by atoms with Crippen molar-refractivity contribution in [1.29, 1.82) is 0 Å². The van der Waals surface area contributed by atoms with Crippen molar-refractivity contribution < 1.29 is 13.2 Å². The van der Waals surface area contributed by atoms with E-state index in [4.69, 9.17) is 23.2 Å². The van der Waals surface area contributed by atoms with Crippen LogP contribution in [0, 0.1) is 0 Å². The zero-order valence-corrected chi connectivity index (χ0v) is 11.6. The maximum absolute atomic E-state index is 11.6. The van der Waals surface area contributed by atoms with Gasteiger partial charge in [0.05, 0.1) is 10.1 Å². The number of carbonyl (C=O) groups is 1. The Balaban J connectivity index is 2.57. The van der Waals surface area contributed by atoms with E-state index in [2.05, 4.69) is 0 Å². The van der Waals surface area contributed by atoms with Crippen LogP contribution in [0.15, 0.2) is 6.07 Å². The van der Waals surface area contributed by atoms with Crippen LogP contribution in [0.25, 0.3) is 0 Å². The fourth-order valence-electron chi connectivity index (χ4n) is 1.16. The third-order valence-corrected chi connectivity index (χ3v) is 4.39. The van der Waals surface area contributed by atoms with Crippen molar-refractivity contribution in [2.75, 3.05) is 12.0 Å². The number of thiophene rings is 1. The van der Waals surface area contributed by atoms with Crippen LogP contribution in [0.5, 0.6) is 0 Å². The molecule has 7 heteroatoms. The number of carbonyl (C=O) groups excluding carboxylic acids is 1. The molecule has 0 spiro atoms. The minimum Gasteiger partial charge on any atom is -0.294 e. The van der Waals surface area contributed by atoms with Crippen molar-refractivity contribution >= 4 is 50.2 Å². The Hall–Kier alpha value is -0.100. The summed E-state index contributed by atoms with van der Waals surface area (Å²) < 4.78 is 22.5. The fraction of sp³-hybridized carbons (Fsp3) is 0.444. The number of ketones is 1. The Morgan fingerprint density at radius 3 is 2.50 bits per heavy atom. The van der Waals surface area contributed by atoms with Crippen LogP contribution in [-0.2, 0) is 9.84 Å². The van der Waals surface area contributed by atoms with Crippen LogP contribution in [0.3, 0.4) is 0 Å². The highest BCUT2D eigenvalue weighted by Crippen LogP contribution is 2.32. The van der Waals surface area contributed by atoms with E-state index < -0.39 is 9.84 Å². The lowest BCUT2D eigenvalue weighted by Gasteiger charge is -1.98. The van der Waals surface area contributed by atoms with Crippen molar-refractivity contribution in [2.24, 2.45) is 0 Å². The third-order valence-electron chi connectivity index (χ3n) is 1.88. The molecule has 0 saturated carbocycles. The number of Topliss-reactive ketones (excluding diaryl/α,β-unsaturated/α-hetero) is 1. The lowest BCUT2D eigenvalue weighted by Crippen LogP contribution is -2.06. The number of hydrogen-bond acceptors (Lipinski definition) is 4. The molecule has 0 saturated heterocycles. The highest BCUT2D eigenvalue weighted by atomic mass is 35.5. The van der Waals surface area contributed by atoms with Gasteiger partial charge < -0.3 is 0 Å². The first-order valence-electron chi connectivity index (χ1n) is 4.45. The molecule has 1 aromatic rings. The van der Waals surface area contributed by atoms with E-state index >= 15 is 0 Å². The smallest absolute Gasteiger partial charge is 0.165 e. The minimum absolute atomic E-state index is 0.00816. The zero-order chi connectivity index (χ0) is 12.3. The molecular formula is C9H10Cl2O3S2. The Bertz CT molecular complexity index is 491. The summed E-state index contributed by atoms with van der Waals surface area (Å²) in [5.41, 5.74) is 0.380. The van der Waals surface area contributed by atoms with Gasteiger partial charge in [0.15, 0.2) is 5.78 Å². The Morgan fingerprint density at radius 1 is 1.44 bits per heavy atom. The molecule has 0 radical (unpaired) electrons. The summed E-state index contributed by atoms with van der Waals surface area (Å²) in [6.07, 6.45) is 1.62. The van der Waals surface area contributed by atoms with Crippen molar-refractivity contribution in [1.82, 2.24) is 0 Å². The molecule has 0 aromatic carbocycles. The Kier molecular flexibility index (Phi) is 4.79. The molecule has 0 aliphatic heterocycles. The van der Waals surface area contributed by atoms with Gasteiger partial charge in [-0.15, -0.1) is 11.3 Å². The first-order valence-corrected chi connectivity index (χ1v) is 8.08. The van der Waals surface area contributed by atoms with Gasteiger partial charge >= 0.3 is 0 Å². The van der Waals surface area contributed by atoms with Crippen molar-refractivity contribution in [3.63, 3.8) is 0 Å². The summed E-state index contributed by atoms with van der Waals surface area (Å²) in [4.78, 5) is 11.6. The van der Waals surface area contributed by atoms with Crippen LogP contribution in [0.4, 0.5) is 0 Å². The fourth-order valence-corrected chi connectivity index (χ4v) is 3.33. The molecule has 1 rings (SSSR count). The quantitative estimate of drug-likeness (QED) is 0.785. The van der Waals surface area contributed by atoms with Crippen molar-refractivity contribution in [3.05, 3.63) is 20.3 Å². The SMILES string of the molecule is CS(=O)(=O)CCCC(=O)c1cc(Cl)sc1Cl. The van der Waals surface area contributed by atoms with Crippen LogP contribution in [0.1, 0.15) is 23.2 Å². The Labute approximate surface area is 108 Å². The van der Waals surface area contributed by atoms with Crippen LogP contribution in [-0.4, -0.2) is 26.2 Å². The van der Waals surface area contributed by atoms with Gasteiger partial charge in [-0.05, 0) is 12.5 Å². The second-order valence-electron chi connectivity index (χ2n) is 3.39. The van der Waals surface area contributed by atoms with Gasteiger partial charge in [0.25, 0.3) is 0 Å². The highest BCUT2D eigenvalue weighted by molar-refractivity contribution is 7.90. The summed E-state index contributed by atoms with van der Waals surface area (Å²) in [5.74, 6) is -0.161. The normalized spacial score (nSPS) is 11.7. The van der Waals surface area contributed by atoms with E-state index in [1.807, 2.05) is 0 Å². The topological polar surface area (TPSA) is 51.2 Å².